The van der Waals surface area contributed by atoms with Crippen LogP contribution in [0.2, 0.25) is 0 Å². The first kappa shape index (κ1) is 15.8. The van der Waals surface area contributed by atoms with Crippen molar-refractivity contribution in [1.82, 2.24) is 10.6 Å². The van der Waals surface area contributed by atoms with E-state index in [1.165, 1.54) is 11.3 Å². The third kappa shape index (κ3) is 4.33. The molecule has 0 fully saturated rings. The van der Waals surface area contributed by atoms with Gasteiger partial charge < -0.3 is 10.6 Å². The predicted molar refractivity (Wildman–Crippen MR) is 74.2 cm³/mol. The van der Waals surface area contributed by atoms with Gasteiger partial charge in [0, 0.05) is 17.5 Å². The monoisotopic (exact) mass is 280 g/mol. The zero-order chi connectivity index (χ0) is 11.3. The van der Waals surface area contributed by atoms with Crippen LogP contribution in [0.15, 0.2) is 16.3 Å². The molecule has 0 bridgehead atoms. The van der Waals surface area contributed by atoms with Gasteiger partial charge in [0.1, 0.15) is 4.88 Å². The molecule has 1 aromatic heterocycles. The van der Waals surface area contributed by atoms with Crippen LogP contribution in [0.1, 0.15) is 16.6 Å². The smallest absolute Gasteiger partial charge is 0.262 e. The Morgan fingerprint density at radius 3 is 2.88 bits per heavy atom. The standard InChI is InChI=1S/C10H16N2OS2.ClH/c1-7(11-2)6-12-10(13)9-8(14-3)4-5-15-9;/h4-5,7,11H,6H2,1-3H3,(H,12,13);1H. The molecule has 1 heterocycles. The summed E-state index contributed by atoms with van der Waals surface area (Å²) in [5, 5.41) is 7.93. The van der Waals surface area contributed by atoms with Gasteiger partial charge in [0.2, 0.25) is 0 Å². The molecule has 0 spiro atoms. The van der Waals surface area contributed by atoms with E-state index in [1.807, 2.05) is 31.7 Å². The van der Waals surface area contributed by atoms with E-state index in [1.54, 1.807) is 11.8 Å². The predicted octanol–water partition coefficient (Wildman–Crippen LogP) is 2.23. The molecule has 6 heteroatoms. The van der Waals surface area contributed by atoms with E-state index in [-0.39, 0.29) is 18.3 Å². The average molecular weight is 281 g/mol. The van der Waals surface area contributed by atoms with Gasteiger partial charge in [-0.2, -0.15) is 0 Å². The Labute approximate surface area is 111 Å². The van der Waals surface area contributed by atoms with Crippen LogP contribution in [-0.4, -0.2) is 31.8 Å². The number of carbonyl (C=O) groups excluding carboxylic acids is 1. The molecule has 2 N–H and O–H groups in total. The summed E-state index contributed by atoms with van der Waals surface area (Å²) in [6.07, 6.45) is 1.98. The summed E-state index contributed by atoms with van der Waals surface area (Å²) in [7, 11) is 1.88. The summed E-state index contributed by atoms with van der Waals surface area (Å²) >= 11 is 3.09. The van der Waals surface area contributed by atoms with E-state index >= 15 is 0 Å². The molecule has 0 aliphatic rings. The Bertz CT molecular complexity index is 330. The number of thioether (sulfide) groups is 1. The van der Waals surface area contributed by atoms with Crippen molar-refractivity contribution in [3.63, 3.8) is 0 Å². The highest BCUT2D eigenvalue weighted by molar-refractivity contribution is 7.98. The molecule has 0 saturated heterocycles. The molecule has 0 saturated carbocycles. The van der Waals surface area contributed by atoms with Crippen LogP contribution in [0.4, 0.5) is 0 Å². The number of carbonyl (C=O) groups is 1. The summed E-state index contributed by atoms with van der Waals surface area (Å²) in [6, 6.07) is 2.28. The van der Waals surface area contributed by atoms with Crippen LogP contribution in [0.5, 0.6) is 0 Å². The average Bonchev–Trinajstić information content (AvgIpc) is 2.73. The molecule has 1 unspecified atom stereocenters. The van der Waals surface area contributed by atoms with E-state index in [9.17, 15) is 4.79 Å². The molecule has 1 aromatic rings. The number of likely N-dealkylation sites (N-methyl/N-ethyl adjacent to an activating group) is 1. The summed E-state index contributed by atoms with van der Waals surface area (Å²) in [4.78, 5) is 13.6. The maximum absolute atomic E-state index is 11.8. The van der Waals surface area contributed by atoms with E-state index < -0.39 is 0 Å². The first-order chi connectivity index (χ1) is 7.19. The maximum Gasteiger partial charge on any atom is 0.262 e. The van der Waals surface area contributed by atoms with Gasteiger partial charge in [-0.25, -0.2) is 0 Å². The van der Waals surface area contributed by atoms with Gasteiger partial charge in [-0.05, 0) is 31.7 Å². The van der Waals surface area contributed by atoms with E-state index in [0.717, 1.165) is 9.77 Å². The SMILES string of the molecule is CNC(C)CNC(=O)c1sccc1SC.Cl. The third-order valence-corrected chi connectivity index (χ3v) is 3.94. The lowest BCUT2D eigenvalue weighted by Gasteiger charge is -2.11. The van der Waals surface area contributed by atoms with Crippen LogP contribution in [0.3, 0.4) is 0 Å². The first-order valence-corrected chi connectivity index (χ1v) is 6.86. The Morgan fingerprint density at radius 2 is 2.31 bits per heavy atom. The van der Waals surface area contributed by atoms with Crippen molar-refractivity contribution in [2.75, 3.05) is 19.8 Å². The first-order valence-electron chi connectivity index (χ1n) is 4.76. The lowest BCUT2D eigenvalue weighted by Crippen LogP contribution is -2.37. The number of hydrogen-bond donors (Lipinski definition) is 2. The number of amides is 1. The molecule has 1 rings (SSSR count). The zero-order valence-electron chi connectivity index (χ0n) is 9.57. The Hall–Kier alpha value is -0.230. The van der Waals surface area contributed by atoms with Gasteiger partial charge in [0.15, 0.2) is 0 Å². The van der Waals surface area contributed by atoms with Crippen LogP contribution in [0, 0.1) is 0 Å². The van der Waals surface area contributed by atoms with Crippen molar-refractivity contribution in [3.8, 4) is 0 Å². The second kappa shape index (κ2) is 7.95. The molecule has 0 aliphatic carbocycles. The summed E-state index contributed by atoms with van der Waals surface area (Å²) in [5.41, 5.74) is 0. The van der Waals surface area contributed by atoms with Crippen molar-refractivity contribution in [1.29, 1.82) is 0 Å². The van der Waals surface area contributed by atoms with Crippen LogP contribution in [0.25, 0.3) is 0 Å². The number of thiophene rings is 1. The van der Waals surface area contributed by atoms with Crippen LogP contribution in [-0.2, 0) is 0 Å². The normalized spacial score (nSPS) is 11.7. The van der Waals surface area contributed by atoms with Crippen molar-refractivity contribution in [3.05, 3.63) is 16.3 Å². The lowest BCUT2D eigenvalue weighted by atomic mass is 10.3. The summed E-state index contributed by atoms with van der Waals surface area (Å²) in [6.45, 7) is 2.69. The molecule has 1 atom stereocenters. The minimum Gasteiger partial charge on any atom is -0.350 e. The molecular weight excluding hydrogens is 264 g/mol. The molecule has 0 aromatic carbocycles. The lowest BCUT2D eigenvalue weighted by molar-refractivity contribution is 0.0952. The summed E-state index contributed by atoms with van der Waals surface area (Å²) < 4.78 is 0. The molecule has 0 radical (unpaired) electrons. The van der Waals surface area contributed by atoms with Gasteiger partial charge >= 0.3 is 0 Å². The highest BCUT2D eigenvalue weighted by Gasteiger charge is 2.12. The number of rotatable bonds is 5. The number of hydrogen-bond acceptors (Lipinski definition) is 4. The quantitative estimate of drug-likeness (QED) is 0.813. The van der Waals surface area contributed by atoms with E-state index in [4.69, 9.17) is 0 Å². The molecule has 1 amide bonds. The molecule has 16 heavy (non-hydrogen) atoms. The van der Waals surface area contributed by atoms with Crippen molar-refractivity contribution >= 4 is 41.4 Å². The summed E-state index contributed by atoms with van der Waals surface area (Å²) in [5.74, 6) is 0.0245. The van der Waals surface area contributed by atoms with E-state index in [2.05, 4.69) is 10.6 Å². The molecule has 0 aliphatic heterocycles. The van der Waals surface area contributed by atoms with Gasteiger partial charge in [-0.1, -0.05) is 0 Å². The van der Waals surface area contributed by atoms with Gasteiger partial charge in [0.25, 0.3) is 5.91 Å². The highest BCUT2D eigenvalue weighted by Crippen LogP contribution is 2.25. The second-order valence-electron chi connectivity index (χ2n) is 3.22. The number of halogens is 1. The molecule has 92 valence electrons. The zero-order valence-corrected chi connectivity index (χ0v) is 12.0. The fourth-order valence-corrected chi connectivity index (χ4v) is 2.72. The number of nitrogens with one attached hydrogen (secondary N) is 2. The maximum atomic E-state index is 11.8. The topological polar surface area (TPSA) is 41.1 Å². The van der Waals surface area contributed by atoms with Gasteiger partial charge in [0.05, 0.1) is 0 Å². The van der Waals surface area contributed by atoms with Gasteiger partial charge in [-0.15, -0.1) is 35.5 Å². The minimum atomic E-state index is 0. The Balaban J connectivity index is 0.00000225. The Kier molecular flexibility index (Phi) is 7.83. The highest BCUT2D eigenvalue weighted by atomic mass is 35.5. The fraction of sp³-hybridized carbons (Fsp3) is 0.500. The van der Waals surface area contributed by atoms with Crippen molar-refractivity contribution in [2.45, 2.75) is 17.9 Å². The Morgan fingerprint density at radius 1 is 1.62 bits per heavy atom. The van der Waals surface area contributed by atoms with Gasteiger partial charge in [-0.3, -0.25) is 4.79 Å². The molecular formula is C10H17ClN2OS2. The second-order valence-corrected chi connectivity index (χ2v) is 4.98. The van der Waals surface area contributed by atoms with Crippen LogP contribution < -0.4 is 10.6 Å². The minimum absolute atomic E-state index is 0. The molecule has 3 nitrogen and oxygen atoms in total. The van der Waals surface area contributed by atoms with E-state index in [0.29, 0.717) is 12.6 Å². The van der Waals surface area contributed by atoms with Crippen LogP contribution >= 0.6 is 35.5 Å². The van der Waals surface area contributed by atoms with Crippen molar-refractivity contribution in [2.24, 2.45) is 0 Å². The third-order valence-electron chi connectivity index (χ3n) is 2.12. The largest absolute Gasteiger partial charge is 0.350 e. The fourth-order valence-electron chi connectivity index (χ4n) is 1.05. The van der Waals surface area contributed by atoms with Crippen molar-refractivity contribution < 1.29 is 4.79 Å².